The molecule has 4 aromatic rings. The van der Waals surface area contributed by atoms with Crippen LogP contribution in [0, 0.1) is 5.82 Å². The highest BCUT2D eigenvalue weighted by Gasteiger charge is 2.20. The summed E-state index contributed by atoms with van der Waals surface area (Å²) < 4.78 is 26.6. The van der Waals surface area contributed by atoms with Crippen molar-refractivity contribution < 1.29 is 13.7 Å². The highest BCUT2D eigenvalue weighted by atomic mass is 32.2. The van der Waals surface area contributed by atoms with Gasteiger partial charge in [-0.3, -0.25) is 9.78 Å². The molecule has 0 aliphatic carbocycles. The molecule has 0 saturated carbocycles. The van der Waals surface area contributed by atoms with Gasteiger partial charge in [0.25, 0.3) is 5.91 Å². The molecule has 0 spiro atoms. The molecule has 0 aliphatic heterocycles. The van der Waals surface area contributed by atoms with E-state index in [2.05, 4.69) is 20.4 Å². The average molecular weight is 438 g/mol. The number of fused-ring (bicyclic) bond motifs is 1. The maximum atomic E-state index is 13.3. The minimum atomic E-state index is -1.21. The van der Waals surface area contributed by atoms with Crippen LogP contribution in [0.4, 0.5) is 4.39 Å². The number of nitrogens with one attached hydrogen (secondary N) is 1. The molecule has 0 fully saturated rings. The number of hydrogen-bond donors (Lipinski definition) is 1. The fourth-order valence-corrected chi connectivity index (χ4v) is 3.88. The first kappa shape index (κ1) is 21.0. The van der Waals surface area contributed by atoms with Gasteiger partial charge < -0.3 is 9.87 Å². The number of pyridine rings is 2. The summed E-state index contributed by atoms with van der Waals surface area (Å²) in [6, 6.07) is 9.20. The van der Waals surface area contributed by atoms with Crippen molar-refractivity contribution in [2.45, 2.75) is 24.4 Å². The van der Waals surface area contributed by atoms with E-state index in [1.165, 1.54) is 18.3 Å². The van der Waals surface area contributed by atoms with Crippen LogP contribution in [-0.4, -0.2) is 36.5 Å². The van der Waals surface area contributed by atoms with Crippen molar-refractivity contribution >= 4 is 28.0 Å². The van der Waals surface area contributed by atoms with Gasteiger partial charge >= 0.3 is 0 Å². The normalized spacial score (nSPS) is 13.2. The van der Waals surface area contributed by atoms with Crippen LogP contribution in [0.1, 0.15) is 35.3 Å². The van der Waals surface area contributed by atoms with E-state index in [4.69, 9.17) is 0 Å². The van der Waals surface area contributed by atoms with Crippen molar-refractivity contribution in [1.82, 2.24) is 25.1 Å². The molecule has 2 atom stereocenters. The number of amides is 1. The smallest absolute Gasteiger partial charge is 0.254 e. The summed E-state index contributed by atoms with van der Waals surface area (Å²) in [5, 5.41) is 8.48. The molecule has 3 aromatic heterocycles. The predicted molar refractivity (Wildman–Crippen MR) is 116 cm³/mol. The first-order chi connectivity index (χ1) is 15.0. The summed E-state index contributed by atoms with van der Waals surface area (Å²) in [6.07, 6.45) is 8.52. The van der Waals surface area contributed by atoms with Gasteiger partial charge in [-0.2, -0.15) is 5.10 Å². The van der Waals surface area contributed by atoms with Crippen LogP contribution in [0.5, 0.6) is 0 Å². The third-order valence-electron chi connectivity index (χ3n) is 4.98. The van der Waals surface area contributed by atoms with Crippen LogP contribution in [0.2, 0.25) is 0 Å². The minimum Gasteiger partial charge on any atom is -0.610 e. The maximum Gasteiger partial charge on any atom is 0.254 e. The Morgan fingerprint density at radius 1 is 1.23 bits per heavy atom. The van der Waals surface area contributed by atoms with E-state index in [-0.39, 0.29) is 17.8 Å². The monoisotopic (exact) mass is 437 g/mol. The molecule has 0 radical (unpaired) electrons. The van der Waals surface area contributed by atoms with Crippen LogP contribution < -0.4 is 5.32 Å². The second-order valence-corrected chi connectivity index (χ2v) is 8.30. The number of benzene rings is 1. The van der Waals surface area contributed by atoms with Gasteiger partial charge in [-0.1, -0.05) is 6.92 Å². The fraction of sp³-hybridized carbons (Fsp3) is 0.182. The van der Waals surface area contributed by atoms with Crippen LogP contribution in [0.25, 0.3) is 16.6 Å². The Labute approximate surface area is 181 Å². The van der Waals surface area contributed by atoms with Crippen molar-refractivity contribution in [3.63, 3.8) is 0 Å². The SMILES string of the molecule is CCC(NC(=O)c1cncc2c1cnn2-c1ccc(F)cc1)c1ccnc([S@+](C)[O-])c1. The van der Waals surface area contributed by atoms with Gasteiger partial charge in [0.1, 0.15) is 12.1 Å². The molecule has 9 heteroatoms. The second-order valence-electron chi connectivity index (χ2n) is 6.97. The number of carbonyl (C=O) groups excluding carboxylic acids is 1. The third-order valence-corrected chi connectivity index (χ3v) is 5.79. The maximum absolute atomic E-state index is 13.3. The third kappa shape index (κ3) is 4.28. The Kier molecular flexibility index (Phi) is 5.97. The number of carbonyl (C=O) groups is 1. The molecule has 1 N–H and O–H groups in total. The van der Waals surface area contributed by atoms with Crippen LogP contribution in [0.15, 0.2) is 66.2 Å². The molecule has 1 aromatic carbocycles. The van der Waals surface area contributed by atoms with Crippen molar-refractivity contribution in [2.75, 3.05) is 6.26 Å². The lowest BCUT2D eigenvalue weighted by Crippen LogP contribution is -2.28. The van der Waals surface area contributed by atoms with Gasteiger partial charge in [0.2, 0.25) is 5.03 Å². The molecule has 1 unspecified atom stereocenters. The number of rotatable bonds is 6. The van der Waals surface area contributed by atoms with E-state index in [9.17, 15) is 13.7 Å². The zero-order valence-electron chi connectivity index (χ0n) is 16.9. The Hall–Kier alpha value is -3.30. The number of hydrogen-bond acceptors (Lipinski definition) is 5. The molecule has 0 aliphatic rings. The van der Waals surface area contributed by atoms with Gasteiger partial charge in [-0.25, -0.2) is 14.1 Å². The van der Waals surface area contributed by atoms with Crippen molar-refractivity contribution in [1.29, 1.82) is 0 Å². The first-order valence-electron chi connectivity index (χ1n) is 9.66. The van der Waals surface area contributed by atoms with Gasteiger partial charge in [-0.05, 0) is 42.3 Å². The Bertz CT molecular complexity index is 1230. The average Bonchev–Trinajstić information content (AvgIpc) is 3.22. The molecule has 158 valence electrons. The molecule has 31 heavy (non-hydrogen) atoms. The highest BCUT2D eigenvalue weighted by Crippen LogP contribution is 2.23. The first-order valence-corrected chi connectivity index (χ1v) is 11.2. The highest BCUT2D eigenvalue weighted by molar-refractivity contribution is 7.90. The van der Waals surface area contributed by atoms with E-state index in [0.29, 0.717) is 33.6 Å². The van der Waals surface area contributed by atoms with E-state index in [1.54, 1.807) is 53.8 Å². The zero-order chi connectivity index (χ0) is 22.0. The molecule has 1 amide bonds. The Morgan fingerprint density at radius 3 is 2.71 bits per heavy atom. The minimum absolute atomic E-state index is 0.278. The summed E-state index contributed by atoms with van der Waals surface area (Å²) in [4.78, 5) is 21.4. The summed E-state index contributed by atoms with van der Waals surface area (Å²) in [7, 11) is 0. The molecule has 0 bridgehead atoms. The van der Waals surface area contributed by atoms with Crippen LogP contribution >= 0.6 is 0 Å². The number of aromatic nitrogens is 4. The lowest BCUT2D eigenvalue weighted by atomic mass is 10.1. The van der Waals surface area contributed by atoms with Gasteiger partial charge in [0, 0.05) is 35.0 Å². The summed E-state index contributed by atoms with van der Waals surface area (Å²) >= 11 is -1.21. The van der Waals surface area contributed by atoms with Gasteiger partial charge in [0.15, 0.2) is 0 Å². The zero-order valence-corrected chi connectivity index (χ0v) is 17.8. The lowest BCUT2D eigenvalue weighted by molar-refractivity contribution is 0.0937. The van der Waals surface area contributed by atoms with Crippen molar-refractivity contribution in [3.05, 3.63) is 78.1 Å². The molecular weight excluding hydrogens is 417 g/mol. The van der Waals surface area contributed by atoms with Crippen LogP contribution in [0.3, 0.4) is 0 Å². The summed E-state index contributed by atoms with van der Waals surface area (Å²) in [6.45, 7) is 1.96. The van der Waals surface area contributed by atoms with Crippen LogP contribution in [-0.2, 0) is 11.2 Å². The summed E-state index contributed by atoms with van der Waals surface area (Å²) in [5.41, 5.74) is 2.52. The van der Waals surface area contributed by atoms with Gasteiger partial charge in [0.05, 0.1) is 35.2 Å². The van der Waals surface area contributed by atoms with E-state index in [1.807, 2.05) is 6.92 Å². The second kappa shape index (κ2) is 8.83. The number of nitrogens with zero attached hydrogens (tertiary/aromatic N) is 4. The fourth-order valence-electron chi connectivity index (χ4n) is 3.37. The van der Waals surface area contributed by atoms with E-state index < -0.39 is 11.2 Å². The molecular formula is C22H20FN5O2S. The lowest BCUT2D eigenvalue weighted by Gasteiger charge is -2.18. The largest absolute Gasteiger partial charge is 0.610 e. The van der Waals surface area contributed by atoms with Gasteiger partial charge in [-0.15, -0.1) is 0 Å². The molecule has 7 nitrogen and oxygen atoms in total. The molecule has 4 rings (SSSR count). The quantitative estimate of drug-likeness (QED) is 0.465. The standard InChI is InChI=1S/C22H20FN5O2S/c1-3-19(14-8-9-25-21(10-14)31(2)30)27-22(29)18-11-24-13-20-17(18)12-26-28(20)16-6-4-15(23)5-7-16/h4-13,19H,3H2,1-2H3,(H,27,29)/t19?,31-/m0/s1. The predicted octanol–water partition coefficient (Wildman–Crippen LogP) is 3.57. The van der Waals surface area contributed by atoms with E-state index >= 15 is 0 Å². The van der Waals surface area contributed by atoms with E-state index in [0.717, 1.165) is 5.56 Å². The molecule has 0 saturated heterocycles. The van der Waals surface area contributed by atoms with Crippen molar-refractivity contribution in [2.24, 2.45) is 0 Å². The Balaban J connectivity index is 1.64. The van der Waals surface area contributed by atoms with Crippen molar-refractivity contribution in [3.8, 4) is 5.69 Å². The number of halogens is 1. The Morgan fingerprint density at radius 2 is 2.00 bits per heavy atom. The topological polar surface area (TPSA) is 95.8 Å². The molecule has 3 heterocycles. The summed E-state index contributed by atoms with van der Waals surface area (Å²) in [5.74, 6) is -0.630.